The van der Waals surface area contributed by atoms with Crippen LogP contribution in [0.2, 0.25) is 0 Å². The van der Waals surface area contributed by atoms with Crippen LogP contribution in [0.15, 0.2) is 6.08 Å². The molecule has 0 spiro atoms. The van der Waals surface area contributed by atoms with Gasteiger partial charge < -0.3 is 5.73 Å². The quantitative estimate of drug-likeness (QED) is 0.765. The normalized spacial score (nSPS) is 40.8. The van der Waals surface area contributed by atoms with Crippen molar-refractivity contribution >= 4 is 22.0 Å². The Morgan fingerprint density at radius 1 is 1.05 bits per heavy atom. The summed E-state index contributed by atoms with van der Waals surface area (Å²) in [6, 6.07) is 0. The molecule has 5 atom stereocenters. The molecule has 4 aliphatic carbocycles. The maximum absolute atomic E-state index is 5.96. The van der Waals surface area contributed by atoms with E-state index in [1.54, 1.807) is 16.9 Å². The Kier molecular flexibility index (Phi) is 2.77. The van der Waals surface area contributed by atoms with Gasteiger partial charge in [-0.15, -0.1) is 0 Å². The maximum Gasteiger partial charge on any atom is 0.180 e. The van der Waals surface area contributed by atoms with Crippen LogP contribution in [0, 0.1) is 29.6 Å². The fourth-order valence-electron chi connectivity index (χ4n) is 6.11. The minimum absolute atomic E-state index is 0.767. The maximum atomic E-state index is 5.96. The molecular formula is C18H24N2S. The van der Waals surface area contributed by atoms with Crippen molar-refractivity contribution in [3.63, 3.8) is 0 Å². The van der Waals surface area contributed by atoms with Gasteiger partial charge >= 0.3 is 0 Å². The van der Waals surface area contributed by atoms with Gasteiger partial charge in [0.2, 0.25) is 0 Å². The second-order valence-corrected chi connectivity index (χ2v) is 8.66. The SMILES string of the molecule is Nc1nc2c(s1)C1=CCC3C4CCCC4CCC3C1CC2. The number of hydrogen-bond acceptors (Lipinski definition) is 3. The molecule has 4 aliphatic rings. The van der Waals surface area contributed by atoms with Gasteiger partial charge in [0, 0.05) is 0 Å². The number of thiazole rings is 1. The molecule has 1 aromatic heterocycles. The number of allylic oxidation sites excluding steroid dienone is 2. The Labute approximate surface area is 130 Å². The van der Waals surface area contributed by atoms with Crippen LogP contribution < -0.4 is 5.73 Å². The predicted octanol–water partition coefficient (Wildman–Crippen LogP) is 4.52. The van der Waals surface area contributed by atoms with Crippen LogP contribution in [0.3, 0.4) is 0 Å². The third kappa shape index (κ3) is 1.79. The fourth-order valence-corrected chi connectivity index (χ4v) is 7.09. The number of nitrogen functional groups attached to an aromatic ring is 1. The highest BCUT2D eigenvalue weighted by Gasteiger charge is 2.47. The molecule has 0 aliphatic heterocycles. The Morgan fingerprint density at radius 3 is 2.95 bits per heavy atom. The van der Waals surface area contributed by atoms with E-state index in [0.717, 1.165) is 41.1 Å². The molecule has 1 aromatic rings. The van der Waals surface area contributed by atoms with E-state index in [-0.39, 0.29) is 0 Å². The van der Waals surface area contributed by atoms with Gasteiger partial charge in [0.15, 0.2) is 5.13 Å². The zero-order valence-electron chi connectivity index (χ0n) is 12.6. The van der Waals surface area contributed by atoms with Gasteiger partial charge in [-0.3, -0.25) is 0 Å². The van der Waals surface area contributed by atoms with Crippen molar-refractivity contribution in [2.24, 2.45) is 29.6 Å². The van der Waals surface area contributed by atoms with Crippen LogP contribution in [0.4, 0.5) is 5.13 Å². The molecule has 0 radical (unpaired) electrons. The lowest BCUT2D eigenvalue weighted by molar-refractivity contribution is 0.0779. The first kappa shape index (κ1) is 12.7. The topological polar surface area (TPSA) is 38.9 Å². The molecule has 21 heavy (non-hydrogen) atoms. The molecular weight excluding hydrogens is 276 g/mol. The average Bonchev–Trinajstić information content (AvgIpc) is 3.11. The van der Waals surface area contributed by atoms with E-state index in [9.17, 15) is 0 Å². The van der Waals surface area contributed by atoms with Gasteiger partial charge in [-0.2, -0.15) is 0 Å². The molecule has 0 bridgehead atoms. The molecule has 0 saturated heterocycles. The molecule has 2 nitrogen and oxygen atoms in total. The van der Waals surface area contributed by atoms with Crippen LogP contribution in [-0.4, -0.2) is 4.98 Å². The Morgan fingerprint density at radius 2 is 2.00 bits per heavy atom. The van der Waals surface area contributed by atoms with Crippen LogP contribution in [-0.2, 0) is 6.42 Å². The number of aryl methyl sites for hydroxylation is 1. The number of anilines is 1. The van der Waals surface area contributed by atoms with E-state index in [2.05, 4.69) is 11.1 Å². The molecule has 112 valence electrons. The lowest BCUT2D eigenvalue weighted by Crippen LogP contribution is -2.39. The van der Waals surface area contributed by atoms with Crippen molar-refractivity contribution in [3.05, 3.63) is 16.6 Å². The van der Waals surface area contributed by atoms with Crippen LogP contribution in [0.25, 0.3) is 5.57 Å². The fraction of sp³-hybridized carbons (Fsp3) is 0.722. The molecule has 2 fully saturated rings. The zero-order valence-corrected chi connectivity index (χ0v) is 13.4. The monoisotopic (exact) mass is 300 g/mol. The minimum atomic E-state index is 0.767. The Bertz CT molecular complexity index is 602. The first-order chi connectivity index (χ1) is 10.3. The molecule has 5 unspecified atom stereocenters. The van der Waals surface area contributed by atoms with Gasteiger partial charge in [0.05, 0.1) is 10.6 Å². The van der Waals surface area contributed by atoms with Gasteiger partial charge in [0.1, 0.15) is 0 Å². The Hall–Kier alpha value is -0.830. The van der Waals surface area contributed by atoms with Crippen molar-refractivity contribution in [2.75, 3.05) is 5.73 Å². The summed E-state index contributed by atoms with van der Waals surface area (Å²) >= 11 is 1.73. The largest absolute Gasteiger partial charge is 0.375 e. The van der Waals surface area contributed by atoms with Crippen LogP contribution in [0.5, 0.6) is 0 Å². The molecule has 0 aromatic carbocycles. The molecule has 0 amide bonds. The lowest BCUT2D eigenvalue weighted by atomic mass is 9.57. The predicted molar refractivity (Wildman–Crippen MR) is 88.0 cm³/mol. The molecule has 3 heteroatoms. The number of nitrogens with two attached hydrogens (primary N) is 1. The van der Waals surface area contributed by atoms with Gasteiger partial charge in [0.25, 0.3) is 0 Å². The third-order valence-electron chi connectivity index (χ3n) is 6.88. The van der Waals surface area contributed by atoms with Crippen molar-refractivity contribution in [2.45, 2.75) is 51.4 Å². The second-order valence-electron chi connectivity index (χ2n) is 7.63. The van der Waals surface area contributed by atoms with E-state index in [4.69, 9.17) is 5.73 Å². The van der Waals surface area contributed by atoms with E-state index < -0.39 is 0 Å². The summed E-state index contributed by atoms with van der Waals surface area (Å²) in [5, 5.41) is 0.767. The smallest absolute Gasteiger partial charge is 0.180 e. The molecule has 2 saturated carbocycles. The van der Waals surface area contributed by atoms with Crippen LogP contribution >= 0.6 is 11.3 Å². The van der Waals surface area contributed by atoms with Crippen molar-refractivity contribution in [1.29, 1.82) is 0 Å². The average molecular weight is 300 g/mol. The van der Waals surface area contributed by atoms with Gasteiger partial charge in [-0.1, -0.05) is 30.3 Å². The Balaban J connectivity index is 1.53. The minimum Gasteiger partial charge on any atom is -0.375 e. The number of fused-ring (bicyclic) bond motifs is 7. The van der Waals surface area contributed by atoms with E-state index in [0.29, 0.717) is 0 Å². The van der Waals surface area contributed by atoms with E-state index in [1.165, 1.54) is 55.5 Å². The van der Waals surface area contributed by atoms with Crippen molar-refractivity contribution in [3.8, 4) is 0 Å². The highest BCUT2D eigenvalue weighted by Crippen LogP contribution is 2.57. The number of nitrogens with zero attached hydrogens (tertiary/aromatic N) is 1. The first-order valence-electron chi connectivity index (χ1n) is 8.77. The summed E-state index contributed by atoms with van der Waals surface area (Å²) in [6.07, 6.45) is 13.9. The van der Waals surface area contributed by atoms with Gasteiger partial charge in [-0.25, -0.2) is 4.98 Å². The van der Waals surface area contributed by atoms with E-state index in [1.807, 2.05) is 0 Å². The number of rotatable bonds is 0. The molecule has 5 rings (SSSR count). The van der Waals surface area contributed by atoms with Crippen molar-refractivity contribution < 1.29 is 0 Å². The highest BCUT2D eigenvalue weighted by molar-refractivity contribution is 7.16. The van der Waals surface area contributed by atoms with Crippen molar-refractivity contribution in [1.82, 2.24) is 4.98 Å². The summed E-state index contributed by atoms with van der Waals surface area (Å²) in [5.41, 5.74) is 8.88. The summed E-state index contributed by atoms with van der Waals surface area (Å²) in [6.45, 7) is 0. The first-order valence-corrected chi connectivity index (χ1v) is 9.58. The zero-order chi connectivity index (χ0) is 14.0. The highest BCUT2D eigenvalue weighted by atomic mass is 32.1. The standard InChI is InChI=1S/C18H24N2S/c19-18-20-16-9-8-14-13-5-4-10-2-1-3-11(10)12(13)6-7-15(14)17(16)21-18/h7,10-14H,1-6,8-9H2,(H2,19,20). The summed E-state index contributed by atoms with van der Waals surface area (Å²) < 4.78 is 0. The van der Waals surface area contributed by atoms with E-state index >= 15 is 0 Å². The summed E-state index contributed by atoms with van der Waals surface area (Å²) in [5.74, 6) is 4.89. The molecule has 1 heterocycles. The number of hydrogen-bond donors (Lipinski definition) is 1. The summed E-state index contributed by atoms with van der Waals surface area (Å²) in [4.78, 5) is 6.00. The lowest BCUT2D eigenvalue weighted by Gasteiger charge is -2.48. The third-order valence-corrected chi connectivity index (χ3v) is 7.86. The summed E-state index contributed by atoms with van der Waals surface area (Å²) in [7, 11) is 0. The molecule has 2 N–H and O–H groups in total. The van der Waals surface area contributed by atoms with Crippen LogP contribution in [0.1, 0.15) is 55.5 Å². The van der Waals surface area contributed by atoms with Gasteiger partial charge in [-0.05, 0) is 73.7 Å². The number of aromatic nitrogens is 1. The second kappa shape index (κ2) is 4.58.